The van der Waals surface area contributed by atoms with Crippen molar-refractivity contribution in [2.75, 3.05) is 5.43 Å². The predicted molar refractivity (Wildman–Crippen MR) is 118 cm³/mol. The van der Waals surface area contributed by atoms with E-state index >= 15 is 0 Å². The van der Waals surface area contributed by atoms with Gasteiger partial charge in [0.05, 0.1) is 16.5 Å². The Balaban J connectivity index is 1.86. The normalized spacial score (nSPS) is 11.4. The third kappa shape index (κ3) is 3.72. The molecule has 0 fully saturated rings. The van der Waals surface area contributed by atoms with Crippen LogP contribution < -0.4 is 11.0 Å². The van der Waals surface area contributed by atoms with Crippen molar-refractivity contribution in [2.45, 2.75) is 26.2 Å². The Bertz CT molecular complexity index is 1270. The maximum atomic E-state index is 13.2. The van der Waals surface area contributed by atoms with Crippen LogP contribution in [-0.4, -0.2) is 20.6 Å². The van der Waals surface area contributed by atoms with E-state index in [0.29, 0.717) is 22.3 Å². The highest BCUT2D eigenvalue weighted by Gasteiger charge is 2.18. The number of carbonyl (C=O) groups excluding carboxylic acids is 1. The van der Waals surface area contributed by atoms with E-state index in [1.54, 1.807) is 36.5 Å². The maximum absolute atomic E-state index is 13.2. The molecule has 30 heavy (non-hydrogen) atoms. The Kier molecular flexibility index (Phi) is 4.91. The SMILES string of the molecule is CC(C)(C)c1ccc(-c2nc3ccccc3c(=O)n2NC(=O)c2cccnc2)cc1. The summed E-state index contributed by atoms with van der Waals surface area (Å²) >= 11 is 0. The van der Waals surface area contributed by atoms with Gasteiger partial charge in [0.15, 0.2) is 5.82 Å². The van der Waals surface area contributed by atoms with Crippen molar-refractivity contribution in [3.63, 3.8) is 0 Å². The standard InChI is InChI=1S/C24H22N4O2/c1-24(2,3)18-12-10-16(11-13-18)21-26-20-9-5-4-8-19(20)23(30)28(21)27-22(29)17-7-6-14-25-15-17/h4-15H,1-3H3,(H,27,29). The zero-order valence-corrected chi connectivity index (χ0v) is 17.1. The summed E-state index contributed by atoms with van der Waals surface area (Å²) in [4.78, 5) is 34.6. The van der Waals surface area contributed by atoms with Gasteiger partial charge in [0.1, 0.15) is 0 Å². The van der Waals surface area contributed by atoms with Crippen LogP contribution in [0.15, 0.2) is 77.9 Å². The fourth-order valence-electron chi connectivity index (χ4n) is 3.21. The van der Waals surface area contributed by atoms with E-state index in [2.05, 4.69) is 36.2 Å². The Morgan fingerprint density at radius 1 is 0.967 bits per heavy atom. The minimum atomic E-state index is -0.435. The quantitative estimate of drug-likeness (QED) is 0.563. The van der Waals surface area contributed by atoms with Crippen molar-refractivity contribution in [1.29, 1.82) is 0 Å². The topological polar surface area (TPSA) is 76.9 Å². The van der Waals surface area contributed by atoms with E-state index < -0.39 is 5.91 Å². The van der Waals surface area contributed by atoms with Crippen molar-refractivity contribution < 1.29 is 4.79 Å². The van der Waals surface area contributed by atoms with Crippen LogP contribution >= 0.6 is 0 Å². The summed E-state index contributed by atoms with van der Waals surface area (Å²) in [6, 6.07) is 18.3. The van der Waals surface area contributed by atoms with Gasteiger partial charge < -0.3 is 0 Å². The van der Waals surface area contributed by atoms with Gasteiger partial charge in [0.25, 0.3) is 11.5 Å². The lowest BCUT2D eigenvalue weighted by atomic mass is 9.86. The summed E-state index contributed by atoms with van der Waals surface area (Å²) in [7, 11) is 0. The Labute approximate surface area is 174 Å². The molecule has 0 unspecified atom stereocenters. The molecule has 0 aliphatic carbocycles. The number of rotatable bonds is 3. The third-order valence-corrected chi connectivity index (χ3v) is 4.92. The molecule has 0 radical (unpaired) electrons. The summed E-state index contributed by atoms with van der Waals surface area (Å²) in [6.07, 6.45) is 3.04. The highest BCUT2D eigenvalue weighted by atomic mass is 16.2. The van der Waals surface area contributed by atoms with Gasteiger partial charge in [-0.1, -0.05) is 57.2 Å². The molecule has 2 heterocycles. The van der Waals surface area contributed by atoms with Gasteiger partial charge in [-0.05, 0) is 35.2 Å². The molecule has 0 saturated carbocycles. The molecule has 2 aromatic heterocycles. The summed E-state index contributed by atoms with van der Waals surface area (Å²) in [6.45, 7) is 6.42. The maximum Gasteiger partial charge on any atom is 0.280 e. The van der Waals surface area contributed by atoms with Gasteiger partial charge >= 0.3 is 0 Å². The monoisotopic (exact) mass is 398 g/mol. The molecule has 0 aliphatic heterocycles. The molecule has 6 nitrogen and oxygen atoms in total. The summed E-state index contributed by atoms with van der Waals surface area (Å²) in [5, 5.41) is 0.430. The third-order valence-electron chi connectivity index (χ3n) is 4.92. The van der Waals surface area contributed by atoms with Crippen LogP contribution in [0.2, 0.25) is 0 Å². The fourth-order valence-corrected chi connectivity index (χ4v) is 3.21. The predicted octanol–water partition coefficient (Wildman–Crippen LogP) is 4.14. The van der Waals surface area contributed by atoms with Crippen LogP contribution in [-0.2, 0) is 5.41 Å². The van der Waals surface area contributed by atoms with Crippen LogP contribution in [0, 0.1) is 0 Å². The number of aromatic nitrogens is 3. The van der Waals surface area contributed by atoms with E-state index in [1.165, 1.54) is 16.4 Å². The number of pyridine rings is 1. The van der Waals surface area contributed by atoms with Crippen molar-refractivity contribution in [2.24, 2.45) is 0 Å². The summed E-state index contributed by atoms with van der Waals surface area (Å²) in [5.41, 5.74) is 5.18. The fraction of sp³-hybridized carbons (Fsp3) is 0.167. The van der Waals surface area contributed by atoms with Gasteiger partial charge in [-0.2, -0.15) is 4.68 Å². The number of hydrogen-bond donors (Lipinski definition) is 1. The second-order valence-electron chi connectivity index (χ2n) is 8.10. The van der Waals surface area contributed by atoms with Crippen molar-refractivity contribution >= 4 is 16.8 Å². The van der Waals surface area contributed by atoms with Crippen LogP contribution in [0.25, 0.3) is 22.3 Å². The number of benzene rings is 2. The zero-order valence-electron chi connectivity index (χ0n) is 17.1. The second kappa shape index (κ2) is 7.55. The van der Waals surface area contributed by atoms with E-state index in [9.17, 15) is 9.59 Å². The first kappa shape index (κ1) is 19.5. The molecule has 4 aromatic rings. The molecule has 0 aliphatic rings. The van der Waals surface area contributed by atoms with E-state index in [4.69, 9.17) is 0 Å². The minimum Gasteiger partial charge on any atom is -0.267 e. The molecule has 0 bridgehead atoms. The Hall–Kier alpha value is -3.80. The number of para-hydroxylation sites is 1. The molecule has 1 N–H and O–H groups in total. The molecular formula is C24H22N4O2. The first-order valence-electron chi connectivity index (χ1n) is 9.69. The van der Waals surface area contributed by atoms with E-state index in [1.807, 2.05) is 30.3 Å². The molecule has 4 rings (SSSR count). The number of amides is 1. The van der Waals surface area contributed by atoms with Crippen LogP contribution in [0.3, 0.4) is 0 Å². The average molecular weight is 398 g/mol. The lowest BCUT2D eigenvalue weighted by molar-refractivity contribution is 0.101. The van der Waals surface area contributed by atoms with E-state index in [0.717, 1.165) is 5.56 Å². The lowest BCUT2D eigenvalue weighted by Crippen LogP contribution is -2.35. The van der Waals surface area contributed by atoms with Crippen molar-refractivity contribution in [3.05, 3.63) is 94.5 Å². The largest absolute Gasteiger partial charge is 0.280 e. The lowest BCUT2D eigenvalue weighted by Gasteiger charge is -2.20. The Morgan fingerprint density at radius 3 is 2.37 bits per heavy atom. The Morgan fingerprint density at radius 2 is 1.70 bits per heavy atom. The number of carbonyl (C=O) groups is 1. The second-order valence-corrected chi connectivity index (χ2v) is 8.10. The van der Waals surface area contributed by atoms with Crippen LogP contribution in [0.5, 0.6) is 0 Å². The van der Waals surface area contributed by atoms with Gasteiger partial charge in [-0.15, -0.1) is 0 Å². The number of nitrogens with zero attached hydrogens (tertiary/aromatic N) is 3. The highest BCUT2D eigenvalue weighted by molar-refractivity contribution is 6.00. The number of nitrogens with one attached hydrogen (secondary N) is 1. The van der Waals surface area contributed by atoms with Gasteiger partial charge in [0.2, 0.25) is 0 Å². The first-order chi connectivity index (χ1) is 14.3. The van der Waals surface area contributed by atoms with E-state index in [-0.39, 0.29) is 11.0 Å². The molecule has 2 aromatic carbocycles. The summed E-state index contributed by atoms with van der Waals surface area (Å²) in [5.74, 6) is -0.0637. The van der Waals surface area contributed by atoms with Crippen molar-refractivity contribution in [1.82, 2.24) is 14.6 Å². The van der Waals surface area contributed by atoms with Gasteiger partial charge in [0, 0.05) is 18.0 Å². The smallest absolute Gasteiger partial charge is 0.267 e. The zero-order chi connectivity index (χ0) is 21.3. The summed E-state index contributed by atoms with van der Waals surface area (Å²) < 4.78 is 1.21. The highest BCUT2D eigenvalue weighted by Crippen LogP contribution is 2.25. The molecule has 150 valence electrons. The molecule has 1 amide bonds. The van der Waals surface area contributed by atoms with Gasteiger partial charge in [-0.3, -0.25) is 20.0 Å². The minimum absolute atomic E-state index is 0.00351. The van der Waals surface area contributed by atoms with Crippen LogP contribution in [0.1, 0.15) is 36.7 Å². The van der Waals surface area contributed by atoms with Crippen molar-refractivity contribution in [3.8, 4) is 11.4 Å². The number of fused-ring (bicyclic) bond motifs is 1. The van der Waals surface area contributed by atoms with Gasteiger partial charge in [-0.25, -0.2) is 4.98 Å². The molecule has 0 saturated heterocycles. The molecule has 0 spiro atoms. The average Bonchev–Trinajstić information content (AvgIpc) is 2.75. The number of hydrogen-bond acceptors (Lipinski definition) is 4. The molecular weight excluding hydrogens is 376 g/mol. The molecule has 6 heteroatoms. The molecule has 0 atom stereocenters. The van der Waals surface area contributed by atoms with Crippen LogP contribution in [0.4, 0.5) is 0 Å². The first-order valence-corrected chi connectivity index (χ1v) is 9.69.